The minimum absolute atomic E-state index is 0.00199. The SMILES string of the molecule is C=CC(C)(C)[N+]1(C)C(=O)C=C[C@@]2(C)[C@H]1CC[C@@H]1[C@@H]2CC[C@]2(C)[C@@H](C(N)=O)CC[C@@H]12. The molecule has 160 valence electrons. The van der Waals surface area contributed by atoms with Crippen molar-refractivity contribution >= 4 is 11.8 Å². The zero-order valence-electron chi connectivity index (χ0n) is 18.9. The molecule has 0 radical (unpaired) electrons. The Balaban J connectivity index is 1.73. The topological polar surface area (TPSA) is 60.2 Å². The van der Waals surface area contributed by atoms with E-state index in [0.29, 0.717) is 22.2 Å². The van der Waals surface area contributed by atoms with Crippen LogP contribution in [-0.2, 0) is 9.59 Å². The maximum Gasteiger partial charge on any atom is 0.339 e. The first kappa shape index (κ1) is 20.8. The van der Waals surface area contributed by atoms with Crippen LogP contribution < -0.4 is 5.73 Å². The van der Waals surface area contributed by atoms with Crippen LogP contribution in [0.15, 0.2) is 24.8 Å². The van der Waals surface area contributed by atoms with Crippen molar-refractivity contribution in [2.45, 2.75) is 77.8 Å². The molecule has 4 aliphatic rings. The van der Waals surface area contributed by atoms with Crippen LogP contribution in [0, 0.1) is 34.5 Å². The molecule has 29 heavy (non-hydrogen) atoms. The van der Waals surface area contributed by atoms with Gasteiger partial charge in [0, 0.05) is 23.8 Å². The summed E-state index contributed by atoms with van der Waals surface area (Å²) in [5, 5.41) is 0. The third-order valence-corrected chi connectivity index (χ3v) is 10.4. The van der Waals surface area contributed by atoms with Gasteiger partial charge < -0.3 is 5.73 Å². The van der Waals surface area contributed by atoms with Crippen molar-refractivity contribution in [1.82, 2.24) is 0 Å². The summed E-state index contributed by atoms with van der Waals surface area (Å²) in [4.78, 5) is 25.4. The molecule has 4 nitrogen and oxygen atoms in total. The van der Waals surface area contributed by atoms with Crippen LogP contribution in [0.4, 0.5) is 0 Å². The van der Waals surface area contributed by atoms with Gasteiger partial charge >= 0.3 is 5.91 Å². The number of carbonyl (C=O) groups excluding carboxylic acids is 2. The number of amides is 2. The van der Waals surface area contributed by atoms with Gasteiger partial charge in [-0.3, -0.25) is 4.79 Å². The highest BCUT2D eigenvalue weighted by Crippen LogP contribution is 2.66. The predicted octanol–water partition coefficient (Wildman–Crippen LogP) is 4.21. The van der Waals surface area contributed by atoms with Crippen LogP contribution in [0.25, 0.3) is 0 Å². The van der Waals surface area contributed by atoms with Crippen molar-refractivity contribution in [3.05, 3.63) is 24.8 Å². The summed E-state index contributed by atoms with van der Waals surface area (Å²) < 4.78 is 0.415. The minimum Gasteiger partial charge on any atom is -0.369 e. The average molecular weight is 400 g/mol. The van der Waals surface area contributed by atoms with Gasteiger partial charge in [0.1, 0.15) is 11.6 Å². The van der Waals surface area contributed by atoms with Gasteiger partial charge in [0.2, 0.25) is 5.91 Å². The Morgan fingerprint density at radius 3 is 2.52 bits per heavy atom. The standard InChI is InChI=1S/C25H38N2O2/c1-7-23(2,3)27(6)20-11-8-16-17-9-10-19(22(26)29)24(17,4)14-12-18(16)25(20,5)15-13-21(27)28/h7,13,15-20H,1,8-12,14H2,2-6H3,(H-,26,29)/p+1/t16-,17-,18-,19+,20+,24-,25+,27?/m0/s1. The summed E-state index contributed by atoms with van der Waals surface area (Å²) in [5.74, 6) is 1.89. The van der Waals surface area contributed by atoms with Crippen molar-refractivity contribution in [2.75, 3.05) is 7.05 Å². The summed E-state index contributed by atoms with van der Waals surface area (Å²) in [6.07, 6.45) is 12.5. The molecule has 2 N–H and O–H groups in total. The van der Waals surface area contributed by atoms with Crippen molar-refractivity contribution in [3.8, 4) is 0 Å². The maximum absolute atomic E-state index is 13.2. The Morgan fingerprint density at radius 1 is 1.21 bits per heavy atom. The number of carbonyl (C=O) groups is 2. The molecule has 0 saturated heterocycles. The van der Waals surface area contributed by atoms with E-state index in [2.05, 4.69) is 47.4 Å². The molecule has 0 aromatic heterocycles. The molecule has 0 bridgehead atoms. The summed E-state index contributed by atoms with van der Waals surface area (Å²) in [7, 11) is 2.13. The number of primary amides is 1. The summed E-state index contributed by atoms with van der Waals surface area (Å²) in [6.45, 7) is 13.1. The first-order valence-electron chi connectivity index (χ1n) is 11.5. The summed E-state index contributed by atoms with van der Waals surface area (Å²) >= 11 is 0. The highest BCUT2D eigenvalue weighted by atomic mass is 16.2. The fourth-order valence-corrected chi connectivity index (χ4v) is 8.32. The molecule has 4 heteroatoms. The first-order valence-corrected chi connectivity index (χ1v) is 11.5. The molecular weight excluding hydrogens is 360 g/mol. The van der Waals surface area contributed by atoms with Crippen LogP contribution in [0.5, 0.6) is 0 Å². The van der Waals surface area contributed by atoms with Crippen LogP contribution >= 0.6 is 0 Å². The number of fused-ring (bicyclic) bond motifs is 5. The monoisotopic (exact) mass is 399 g/mol. The van der Waals surface area contributed by atoms with Crippen LogP contribution in [0.2, 0.25) is 0 Å². The van der Waals surface area contributed by atoms with E-state index in [9.17, 15) is 9.59 Å². The van der Waals surface area contributed by atoms with E-state index in [1.807, 2.05) is 12.2 Å². The van der Waals surface area contributed by atoms with Gasteiger partial charge in [-0.2, -0.15) is 0 Å². The quantitative estimate of drug-likeness (QED) is 0.571. The molecular formula is C25H39N2O2+. The molecule has 0 aromatic carbocycles. The molecule has 1 unspecified atom stereocenters. The Bertz CT molecular complexity index is 786. The number of hydrogen-bond donors (Lipinski definition) is 1. The fraction of sp³-hybridized carbons (Fsp3) is 0.760. The second-order valence-electron chi connectivity index (χ2n) is 11.5. The first-order chi connectivity index (χ1) is 13.4. The van der Waals surface area contributed by atoms with Gasteiger partial charge in [-0.15, -0.1) is 0 Å². The molecule has 0 spiro atoms. The second-order valence-corrected chi connectivity index (χ2v) is 11.5. The van der Waals surface area contributed by atoms with Crippen molar-refractivity contribution in [2.24, 2.45) is 40.2 Å². The van der Waals surface area contributed by atoms with E-state index < -0.39 is 0 Å². The van der Waals surface area contributed by atoms with Crippen LogP contribution in [0.3, 0.4) is 0 Å². The molecule has 1 heterocycles. The zero-order valence-corrected chi connectivity index (χ0v) is 18.9. The summed E-state index contributed by atoms with van der Waals surface area (Å²) in [5.41, 5.74) is 5.55. The predicted molar refractivity (Wildman–Crippen MR) is 115 cm³/mol. The Labute approximate surface area is 176 Å². The van der Waals surface area contributed by atoms with Crippen molar-refractivity contribution < 1.29 is 14.1 Å². The Kier molecular flexibility index (Phi) is 4.52. The normalized spacial score (nSPS) is 49.1. The van der Waals surface area contributed by atoms with E-state index >= 15 is 0 Å². The van der Waals surface area contributed by atoms with Crippen molar-refractivity contribution in [3.63, 3.8) is 0 Å². The molecule has 0 aromatic rings. The van der Waals surface area contributed by atoms with Gasteiger partial charge in [0.15, 0.2) is 0 Å². The van der Waals surface area contributed by atoms with Gasteiger partial charge in [0.25, 0.3) is 0 Å². The molecule has 1 aliphatic heterocycles. The Morgan fingerprint density at radius 2 is 1.90 bits per heavy atom. The highest BCUT2D eigenvalue weighted by molar-refractivity contribution is 5.83. The van der Waals surface area contributed by atoms with Gasteiger partial charge in [-0.05, 0) is 75.2 Å². The van der Waals surface area contributed by atoms with Crippen molar-refractivity contribution in [1.29, 1.82) is 0 Å². The molecule has 3 saturated carbocycles. The fourth-order valence-electron chi connectivity index (χ4n) is 8.32. The maximum atomic E-state index is 13.2. The lowest BCUT2D eigenvalue weighted by molar-refractivity contribution is -0.908. The third kappa shape index (κ3) is 2.47. The van der Waals surface area contributed by atoms with E-state index in [1.54, 1.807) is 0 Å². The lowest BCUT2D eigenvalue weighted by atomic mass is 9.47. The molecule has 2 amide bonds. The molecule has 8 atom stereocenters. The highest BCUT2D eigenvalue weighted by Gasteiger charge is 2.66. The average Bonchev–Trinajstić information content (AvgIpc) is 3.02. The summed E-state index contributed by atoms with van der Waals surface area (Å²) in [6, 6.07) is 0.270. The third-order valence-electron chi connectivity index (χ3n) is 10.4. The largest absolute Gasteiger partial charge is 0.369 e. The van der Waals surface area contributed by atoms with Gasteiger partial charge in [-0.1, -0.05) is 26.5 Å². The zero-order chi connectivity index (χ0) is 21.4. The number of likely N-dealkylation sites (N-methyl/N-ethyl adjacent to an activating group) is 1. The van der Waals surface area contributed by atoms with Crippen LogP contribution in [0.1, 0.15) is 66.2 Å². The second kappa shape index (κ2) is 6.29. The molecule has 3 aliphatic carbocycles. The lowest BCUT2D eigenvalue weighted by Crippen LogP contribution is -2.73. The number of nitrogens with two attached hydrogens (primary N) is 1. The number of quaternary nitrogens is 1. The van der Waals surface area contributed by atoms with E-state index in [4.69, 9.17) is 5.73 Å². The number of hydrogen-bond acceptors (Lipinski definition) is 2. The lowest BCUT2D eigenvalue weighted by Gasteiger charge is -2.63. The smallest absolute Gasteiger partial charge is 0.339 e. The number of rotatable bonds is 3. The Hall–Kier alpha value is -1.42. The van der Waals surface area contributed by atoms with Gasteiger partial charge in [0.05, 0.1) is 7.05 Å². The van der Waals surface area contributed by atoms with E-state index in [-0.39, 0.29) is 40.1 Å². The van der Waals surface area contributed by atoms with Gasteiger partial charge in [-0.25, -0.2) is 9.28 Å². The van der Waals surface area contributed by atoms with E-state index in [1.165, 1.54) is 0 Å². The molecule has 3 fully saturated rings. The van der Waals surface area contributed by atoms with Crippen LogP contribution in [-0.4, -0.2) is 34.9 Å². The minimum atomic E-state index is -0.311. The molecule has 4 rings (SSSR count). The van der Waals surface area contributed by atoms with E-state index in [0.717, 1.165) is 38.5 Å². The number of nitrogens with zero attached hydrogens (tertiary/aromatic N) is 1.